The van der Waals surface area contributed by atoms with Crippen molar-refractivity contribution in [2.24, 2.45) is 12.8 Å². The Bertz CT molecular complexity index is 543. The number of carbonyl (C=O) groups excluding carboxylic acids is 1. The second-order valence-corrected chi connectivity index (χ2v) is 4.48. The van der Waals surface area contributed by atoms with Crippen molar-refractivity contribution in [1.82, 2.24) is 9.78 Å². The van der Waals surface area contributed by atoms with Crippen molar-refractivity contribution in [3.8, 4) is 0 Å². The second-order valence-electron chi connectivity index (χ2n) is 4.48. The number of nitrogens with one attached hydrogen (secondary N) is 1. The number of carbonyl (C=O) groups is 1. The van der Waals surface area contributed by atoms with Crippen LogP contribution in [0.5, 0.6) is 0 Å². The molecule has 0 aliphatic heterocycles. The molecule has 0 aliphatic carbocycles. The van der Waals surface area contributed by atoms with E-state index in [0.717, 1.165) is 11.3 Å². The van der Waals surface area contributed by atoms with Gasteiger partial charge >= 0.3 is 0 Å². The Morgan fingerprint density at radius 3 is 2.63 bits per heavy atom. The quantitative estimate of drug-likeness (QED) is 0.871. The molecular formula is C14H18N4O. The molecule has 1 atom stereocenters. The average molecular weight is 258 g/mol. The van der Waals surface area contributed by atoms with Crippen LogP contribution in [0.2, 0.25) is 0 Å². The van der Waals surface area contributed by atoms with E-state index in [9.17, 15) is 4.79 Å². The molecule has 1 aromatic carbocycles. The van der Waals surface area contributed by atoms with Crippen molar-refractivity contribution in [3.05, 3.63) is 47.7 Å². The van der Waals surface area contributed by atoms with Crippen LogP contribution in [0.4, 0.5) is 5.82 Å². The van der Waals surface area contributed by atoms with Crippen molar-refractivity contribution in [2.45, 2.75) is 12.8 Å². The Labute approximate surface area is 112 Å². The number of benzene rings is 1. The van der Waals surface area contributed by atoms with E-state index < -0.39 is 0 Å². The van der Waals surface area contributed by atoms with Gasteiger partial charge in [0.15, 0.2) is 5.82 Å². The van der Waals surface area contributed by atoms with Crippen LogP contribution < -0.4 is 11.1 Å². The van der Waals surface area contributed by atoms with Crippen LogP contribution in [0.1, 0.15) is 17.2 Å². The highest BCUT2D eigenvalue weighted by Crippen LogP contribution is 2.17. The Morgan fingerprint density at radius 2 is 2.11 bits per heavy atom. The fourth-order valence-corrected chi connectivity index (χ4v) is 1.91. The molecular weight excluding hydrogens is 240 g/mol. The van der Waals surface area contributed by atoms with E-state index in [0.29, 0.717) is 5.82 Å². The predicted molar refractivity (Wildman–Crippen MR) is 74.8 cm³/mol. The van der Waals surface area contributed by atoms with Crippen LogP contribution in [-0.2, 0) is 11.8 Å². The normalized spacial score (nSPS) is 12.2. The number of hydrogen-bond acceptors (Lipinski definition) is 3. The van der Waals surface area contributed by atoms with Crippen LogP contribution in [0.25, 0.3) is 0 Å². The number of aryl methyl sites for hydroxylation is 2. The van der Waals surface area contributed by atoms with E-state index in [-0.39, 0.29) is 18.4 Å². The molecule has 0 saturated carbocycles. The number of anilines is 1. The van der Waals surface area contributed by atoms with Crippen molar-refractivity contribution in [3.63, 3.8) is 0 Å². The molecule has 0 spiro atoms. The molecule has 5 heteroatoms. The molecule has 0 bridgehead atoms. The molecule has 0 fully saturated rings. The maximum atomic E-state index is 12.2. The van der Waals surface area contributed by atoms with Crippen molar-refractivity contribution >= 4 is 11.7 Å². The van der Waals surface area contributed by atoms with Gasteiger partial charge in [0.05, 0.1) is 5.92 Å². The summed E-state index contributed by atoms with van der Waals surface area (Å²) in [5.74, 6) is 0.0645. The van der Waals surface area contributed by atoms with Gasteiger partial charge < -0.3 is 11.1 Å². The summed E-state index contributed by atoms with van der Waals surface area (Å²) in [6.07, 6.45) is 0. The lowest BCUT2D eigenvalue weighted by Crippen LogP contribution is -2.27. The largest absolute Gasteiger partial charge is 0.329 e. The number of amides is 1. The number of nitrogens with zero attached hydrogens (tertiary/aromatic N) is 2. The number of hydrogen-bond donors (Lipinski definition) is 2. The molecule has 1 aromatic heterocycles. The smallest absolute Gasteiger partial charge is 0.234 e. The third-order valence-electron chi connectivity index (χ3n) is 3.12. The van der Waals surface area contributed by atoms with E-state index in [2.05, 4.69) is 10.4 Å². The minimum absolute atomic E-state index is 0.133. The molecule has 19 heavy (non-hydrogen) atoms. The van der Waals surface area contributed by atoms with Gasteiger partial charge in [0.2, 0.25) is 5.91 Å². The van der Waals surface area contributed by atoms with Crippen LogP contribution in [0, 0.1) is 6.92 Å². The fourth-order valence-electron chi connectivity index (χ4n) is 1.91. The highest BCUT2D eigenvalue weighted by atomic mass is 16.2. The van der Waals surface area contributed by atoms with Gasteiger partial charge in [0, 0.05) is 25.4 Å². The molecule has 5 nitrogen and oxygen atoms in total. The van der Waals surface area contributed by atoms with Crippen molar-refractivity contribution < 1.29 is 4.79 Å². The molecule has 0 saturated heterocycles. The third kappa shape index (κ3) is 3.00. The molecule has 0 aliphatic rings. The lowest BCUT2D eigenvalue weighted by molar-refractivity contribution is -0.117. The van der Waals surface area contributed by atoms with Crippen molar-refractivity contribution in [2.75, 3.05) is 11.9 Å². The van der Waals surface area contributed by atoms with Crippen LogP contribution in [0.3, 0.4) is 0 Å². The van der Waals surface area contributed by atoms with E-state index in [1.165, 1.54) is 0 Å². The number of aromatic nitrogens is 2. The molecule has 3 N–H and O–H groups in total. The first-order valence-corrected chi connectivity index (χ1v) is 6.18. The van der Waals surface area contributed by atoms with Crippen LogP contribution in [-0.4, -0.2) is 22.2 Å². The topological polar surface area (TPSA) is 72.9 Å². The molecule has 1 heterocycles. The summed E-state index contributed by atoms with van der Waals surface area (Å²) in [7, 11) is 1.84. The van der Waals surface area contributed by atoms with Crippen molar-refractivity contribution in [1.29, 1.82) is 0 Å². The standard InChI is InChI=1S/C14H18N4O/c1-10-8-13(17-18(10)2)16-14(19)12(9-15)11-6-4-3-5-7-11/h3-8,12H,9,15H2,1-2H3,(H,16,17,19). The Hall–Kier alpha value is -2.14. The Balaban J connectivity index is 2.14. The van der Waals surface area contributed by atoms with E-state index in [1.807, 2.05) is 50.4 Å². The zero-order valence-electron chi connectivity index (χ0n) is 11.1. The monoisotopic (exact) mass is 258 g/mol. The maximum Gasteiger partial charge on any atom is 0.234 e. The lowest BCUT2D eigenvalue weighted by Gasteiger charge is -2.14. The molecule has 2 rings (SSSR count). The third-order valence-corrected chi connectivity index (χ3v) is 3.12. The highest BCUT2D eigenvalue weighted by Gasteiger charge is 2.19. The molecule has 100 valence electrons. The minimum Gasteiger partial charge on any atom is -0.329 e. The summed E-state index contributed by atoms with van der Waals surface area (Å²) in [4.78, 5) is 12.2. The SMILES string of the molecule is Cc1cc(NC(=O)C(CN)c2ccccc2)nn1C. The first-order valence-electron chi connectivity index (χ1n) is 6.18. The molecule has 0 radical (unpaired) electrons. The van der Waals surface area contributed by atoms with Crippen LogP contribution in [0.15, 0.2) is 36.4 Å². The summed E-state index contributed by atoms with van der Waals surface area (Å²) in [5.41, 5.74) is 7.61. The van der Waals surface area contributed by atoms with E-state index in [1.54, 1.807) is 4.68 Å². The summed E-state index contributed by atoms with van der Waals surface area (Å²) in [6.45, 7) is 2.20. The van der Waals surface area contributed by atoms with Gasteiger partial charge in [-0.05, 0) is 12.5 Å². The van der Waals surface area contributed by atoms with Gasteiger partial charge in [0.25, 0.3) is 0 Å². The second kappa shape index (κ2) is 5.67. The Kier molecular flexibility index (Phi) is 3.97. The van der Waals surface area contributed by atoms with Gasteiger partial charge in [-0.2, -0.15) is 5.10 Å². The predicted octanol–water partition coefficient (Wildman–Crippen LogP) is 1.41. The molecule has 1 unspecified atom stereocenters. The van der Waals surface area contributed by atoms with Gasteiger partial charge in [-0.1, -0.05) is 30.3 Å². The number of rotatable bonds is 4. The summed E-state index contributed by atoms with van der Waals surface area (Å²) >= 11 is 0. The highest BCUT2D eigenvalue weighted by molar-refractivity contribution is 5.95. The number of nitrogens with two attached hydrogens (primary N) is 1. The summed E-state index contributed by atoms with van der Waals surface area (Å²) in [6, 6.07) is 11.3. The van der Waals surface area contributed by atoms with Crippen LogP contribution >= 0.6 is 0 Å². The zero-order chi connectivity index (χ0) is 13.8. The average Bonchev–Trinajstić information content (AvgIpc) is 2.70. The molecule has 1 amide bonds. The van der Waals surface area contributed by atoms with E-state index >= 15 is 0 Å². The lowest BCUT2D eigenvalue weighted by atomic mass is 9.98. The van der Waals surface area contributed by atoms with Gasteiger partial charge in [-0.3, -0.25) is 9.48 Å². The Morgan fingerprint density at radius 1 is 1.42 bits per heavy atom. The zero-order valence-corrected chi connectivity index (χ0v) is 11.1. The van der Waals surface area contributed by atoms with Gasteiger partial charge in [0.1, 0.15) is 0 Å². The van der Waals surface area contributed by atoms with Gasteiger partial charge in [-0.25, -0.2) is 0 Å². The maximum absolute atomic E-state index is 12.2. The first-order chi connectivity index (χ1) is 9.11. The molecule has 2 aromatic rings. The summed E-state index contributed by atoms with van der Waals surface area (Å²) in [5, 5.41) is 7.01. The fraction of sp³-hybridized carbons (Fsp3) is 0.286. The minimum atomic E-state index is -0.358. The van der Waals surface area contributed by atoms with Gasteiger partial charge in [-0.15, -0.1) is 0 Å². The summed E-state index contributed by atoms with van der Waals surface area (Å²) < 4.78 is 1.72. The van der Waals surface area contributed by atoms with E-state index in [4.69, 9.17) is 5.73 Å². The first kappa shape index (κ1) is 13.3.